The summed E-state index contributed by atoms with van der Waals surface area (Å²) in [4.78, 5) is 10.1. The van der Waals surface area contributed by atoms with E-state index < -0.39 is 0 Å². The van der Waals surface area contributed by atoms with Crippen LogP contribution in [-0.2, 0) is 17.6 Å². The Kier molecular flexibility index (Phi) is 6.15. The van der Waals surface area contributed by atoms with E-state index in [2.05, 4.69) is 30.4 Å². The Morgan fingerprint density at radius 3 is 2.82 bits per heavy atom. The topological polar surface area (TPSA) is 38.3 Å². The van der Waals surface area contributed by atoms with Crippen molar-refractivity contribution in [3.05, 3.63) is 29.3 Å². The Balaban J connectivity index is 2.45. The standard InChI is InChI=1S/C14H21NO2/c1-3-13-8-7-12(10-14(13)17-2)6-4-5-9-15-11-16/h7-8,10-11H,3-6,9H2,1-2H3,(H,15,16). The van der Waals surface area contributed by atoms with Gasteiger partial charge in [-0.15, -0.1) is 0 Å². The Labute approximate surface area is 103 Å². The average Bonchev–Trinajstić information content (AvgIpc) is 2.38. The molecule has 1 aromatic rings. The Morgan fingerprint density at radius 2 is 2.18 bits per heavy atom. The zero-order valence-corrected chi connectivity index (χ0v) is 10.7. The van der Waals surface area contributed by atoms with Crippen LogP contribution in [0.5, 0.6) is 5.75 Å². The zero-order chi connectivity index (χ0) is 12.5. The van der Waals surface area contributed by atoms with Gasteiger partial charge in [0, 0.05) is 6.54 Å². The fourth-order valence-corrected chi connectivity index (χ4v) is 1.85. The summed E-state index contributed by atoms with van der Waals surface area (Å²) < 4.78 is 5.36. The van der Waals surface area contributed by atoms with Gasteiger partial charge in [-0.3, -0.25) is 4.79 Å². The average molecular weight is 235 g/mol. The first-order chi connectivity index (χ1) is 8.31. The largest absolute Gasteiger partial charge is 0.496 e. The highest BCUT2D eigenvalue weighted by Crippen LogP contribution is 2.21. The van der Waals surface area contributed by atoms with Gasteiger partial charge in [-0.25, -0.2) is 0 Å². The summed E-state index contributed by atoms with van der Waals surface area (Å²) >= 11 is 0. The summed E-state index contributed by atoms with van der Waals surface area (Å²) in [6.45, 7) is 2.89. The van der Waals surface area contributed by atoms with Gasteiger partial charge in [-0.2, -0.15) is 0 Å². The molecule has 0 radical (unpaired) electrons. The number of ether oxygens (including phenoxy) is 1. The van der Waals surface area contributed by atoms with Crippen molar-refractivity contribution in [3.63, 3.8) is 0 Å². The molecule has 0 saturated carbocycles. The molecule has 1 aromatic carbocycles. The van der Waals surface area contributed by atoms with Crippen molar-refractivity contribution < 1.29 is 9.53 Å². The number of carbonyl (C=O) groups is 1. The van der Waals surface area contributed by atoms with Crippen molar-refractivity contribution in [1.82, 2.24) is 5.32 Å². The number of nitrogens with one attached hydrogen (secondary N) is 1. The van der Waals surface area contributed by atoms with E-state index in [9.17, 15) is 4.79 Å². The van der Waals surface area contributed by atoms with Crippen molar-refractivity contribution in [3.8, 4) is 5.75 Å². The number of carbonyl (C=O) groups excluding carboxylic acids is 1. The van der Waals surface area contributed by atoms with Gasteiger partial charge >= 0.3 is 0 Å². The van der Waals surface area contributed by atoms with Crippen LogP contribution in [-0.4, -0.2) is 20.1 Å². The first-order valence-electron chi connectivity index (χ1n) is 6.14. The third kappa shape index (κ3) is 4.47. The monoisotopic (exact) mass is 235 g/mol. The van der Waals surface area contributed by atoms with E-state index in [1.54, 1.807) is 7.11 Å². The molecule has 17 heavy (non-hydrogen) atoms. The summed E-state index contributed by atoms with van der Waals surface area (Å²) in [5.74, 6) is 0.982. The molecule has 0 unspecified atom stereocenters. The molecular weight excluding hydrogens is 214 g/mol. The molecule has 0 bridgehead atoms. The molecule has 1 N–H and O–H groups in total. The van der Waals surface area contributed by atoms with Crippen LogP contribution in [0.4, 0.5) is 0 Å². The van der Waals surface area contributed by atoms with E-state index in [1.165, 1.54) is 11.1 Å². The Morgan fingerprint density at radius 1 is 1.35 bits per heavy atom. The van der Waals surface area contributed by atoms with Crippen LogP contribution in [0, 0.1) is 0 Å². The number of hydrogen-bond acceptors (Lipinski definition) is 2. The number of amides is 1. The van der Waals surface area contributed by atoms with Crippen molar-refractivity contribution in [2.75, 3.05) is 13.7 Å². The highest BCUT2D eigenvalue weighted by Gasteiger charge is 2.02. The molecule has 0 atom stereocenters. The summed E-state index contributed by atoms with van der Waals surface area (Å²) in [5.41, 5.74) is 2.55. The Hall–Kier alpha value is -1.51. The molecule has 94 valence electrons. The lowest BCUT2D eigenvalue weighted by atomic mass is 10.0. The minimum absolute atomic E-state index is 0.749. The van der Waals surface area contributed by atoms with E-state index in [1.807, 2.05) is 0 Å². The zero-order valence-electron chi connectivity index (χ0n) is 10.7. The molecule has 0 aromatic heterocycles. The molecule has 3 heteroatoms. The SMILES string of the molecule is CCc1ccc(CCCCNC=O)cc1OC. The lowest BCUT2D eigenvalue weighted by molar-refractivity contribution is -0.109. The minimum Gasteiger partial charge on any atom is -0.496 e. The third-order valence-corrected chi connectivity index (χ3v) is 2.85. The lowest BCUT2D eigenvalue weighted by Crippen LogP contribution is -2.12. The molecule has 0 aliphatic rings. The van der Waals surface area contributed by atoms with Gasteiger partial charge < -0.3 is 10.1 Å². The van der Waals surface area contributed by atoms with E-state index in [0.717, 1.165) is 44.4 Å². The second-order valence-electron chi connectivity index (χ2n) is 4.03. The van der Waals surface area contributed by atoms with Gasteiger partial charge in [0.05, 0.1) is 7.11 Å². The second-order valence-corrected chi connectivity index (χ2v) is 4.03. The maximum absolute atomic E-state index is 10.1. The van der Waals surface area contributed by atoms with E-state index in [0.29, 0.717) is 0 Å². The van der Waals surface area contributed by atoms with Crippen molar-refractivity contribution in [2.24, 2.45) is 0 Å². The van der Waals surface area contributed by atoms with E-state index >= 15 is 0 Å². The third-order valence-electron chi connectivity index (χ3n) is 2.85. The van der Waals surface area contributed by atoms with E-state index in [4.69, 9.17) is 4.74 Å². The summed E-state index contributed by atoms with van der Waals surface area (Å²) in [7, 11) is 1.71. The van der Waals surface area contributed by atoms with Crippen LogP contribution < -0.4 is 10.1 Å². The predicted octanol–water partition coefficient (Wildman–Crippen LogP) is 2.33. The van der Waals surface area contributed by atoms with Crippen LogP contribution in [0.15, 0.2) is 18.2 Å². The van der Waals surface area contributed by atoms with Crippen LogP contribution in [0.2, 0.25) is 0 Å². The first-order valence-corrected chi connectivity index (χ1v) is 6.14. The van der Waals surface area contributed by atoms with Crippen molar-refractivity contribution >= 4 is 6.41 Å². The fraction of sp³-hybridized carbons (Fsp3) is 0.500. The van der Waals surface area contributed by atoms with Crippen molar-refractivity contribution in [1.29, 1.82) is 0 Å². The molecule has 0 aliphatic heterocycles. The Bertz CT molecular complexity index is 350. The van der Waals surface area contributed by atoms with Crippen LogP contribution in [0.1, 0.15) is 30.9 Å². The molecule has 0 saturated heterocycles. The number of methoxy groups -OCH3 is 1. The molecule has 1 amide bonds. The van der Waals surface area contributed by atoms with Gasteiger partial charge in [0.2, 0.25) is 6.41 Å². The minimum atomic E-state index is 0.749. The normalized spacial score (nSPS) is 10.0. The summed E-state index contributed by atoms with van der Waals surface area (Å²) in [6, 6.07) is 6.42. The number of aryl methyl sites for hydroxylation is 2. The second kappa shape index (κ2) is 7.71. The van der Waals surface area contributed by atoms with Gasteiger partial charge in [-0.1, -0.05) is 19.1 Å². The molecule has 1 rings (SSSR count). The van der Waals surface area contributed by atoms with Gasteiger partial charge in [0.1, 0.15) is 5.75 Å². The predicted molar refractivity (Wildman–Crippen MR) is 69.4 cm³/mol. The van der Waals surface area contributed by atoms with E-state index in [-0.39, 0.29) is 0 Å². The van der Waals surface area contributed by atoms with Gasteiger partial charge in [-0.05, 0) is 42.9 Å². The van der Waals surface area contributed by atoms with Gasteiger partial charge in [0.15, 0.2) is 0 Å². The highest BCUT2D eigenvalue weighted by atomic mass is 16.5. The summed E-state index contributed by atoms with van der Waals surface area (Å²) in [6.07, 6.45) is 4.86. The molecule has 0 fully saturated rings. The quantitative estimate of drug-likeness (QED) is 0.555. The molecular formula is C14H21NO2. The number of unbranched alkanes of at least 4 members (excludes halogenated alkanes) is 1. The van der Waals surface area contributed by atoms with Crippen LogP contribution in [0.3, 0.4) is 0 Å². The van der Waals surface area contributed by atoms with Crippen LogP contribution >= 0.6 is 0 Å². The van der Waals surface area contributed by atoms with Gasteiger partial charge in [0.25, 0.3) is 0 Å². The number of rotatable bonds is 8. The molecule has 0 spiro atoms. The molecule has 3 nitrogen and oxygen atoms in total. The number of benzene rings is 1. The molecule has 0 aliphatic carbocycles. The first kappa shape index (κ1) is 13.6. The maximum atomic E-state index is 10.1. The number of hydrogen-bond donors (Lipinski definition) is 1. The lowest BCUT2D eigenvalue weighted by Gasteiger charge is -2.09. The maximum Gasteiger partial charge on any atom is 0.207 e. The summed E-state index contributed by atoms with van der Waals surface area (Å²) in [5, 5.41) is 2.67. The smallest absolute Gasteiger partial charge is 0.207 e. The fourth-order valence-electron chi connectivity index (χ4n) is 1.85. The molecule has 0 heterocycles. The van der Waals surface area contributed by atoms with Crippen molar-refractivity contribution in [2.45, 2.75) is 32.6 Å². The highest BCUT2D eigenvalue weighted by molar-refractivity contribution is 5.45. The van der Waals surface area contributed by atoms with Crippen LogP contribution in [0.25, 0.3) is 0 Å².